The largest absolute Gasteiger partial charge is 0.381 e. The molecular formula is C16H31N3O2. The van der Waals surface area contributed by atoms with Crippen LogP contribution in [-0.4, -0.2) is 87.6 Å². The maximum atomic E-state index is 5.91. The van der Waals surface area contributed by atoms with E-state index in [1.165, 1.54) is 52.1 Å². The number of rotatable bonds is 6. The Morgan fingerprint density at radius 3 is 2.38 bits per heavy atom. The van der Waals surface area contributed by atoms with Crippen molar-refractivity contribution >= 4 is 0 Å². The van der Waals surface area contributed by atoms with Gasteiger partial charge in [-0.2, -0.15) is 0 Å². The minimum Gasteiger partial charge on any atom is -0.381 e. The van der Waals surface area contributed by atoms with Crippen LogP contribution in [0.2, 0.25) is 0 Å². The Bertz CT molecular complexity index is 296. The van der Waals surface area contributed by atoms with E-state index in [1.54, 1.807) is 7.11 Å². The van der Waals surface area contributed by atoms with Crippen molar-refractivity contribution in [3.8, 4) is 0 Å². The average Bonchev–Trinajstić information content (AvgIpc) is 2.51. The fourth-order valence-electron chi connectivity index (χ4n) is 3.72. The summed E-state index contributed by atoms with van der Waals surface area (Å²) >= 11 is 0. The van der Waals surface area contributed by atoms with Crippen LogP contribution in [0.4, 0.5) is 0 Å². The lowest BCUT2D eigenvalue weighted by Gasteiger charge is -2.41. The summed E-state index contributed by atoms with van der Waals surface area (Å²) in [5.74, 6) is 0. The van der Waals surface area contributed by atoms with E-state index in [0.29, 0.717) is 12.2 Å². The van der Waals surface area contributed by atoms with Gasteiger partial charge in [0, 0.05) is 45.9 Å². The molecule has 0 bridgehead atoms. The topological polar surface area (TPSA) is 37.0 Å². The van der Waals surface area contributed by atoms with E-state index >= 15 is 0 Å². The lowest BCUT2D eigenvalue weighted by molar-refractivity contribution is -0.0909. The Labute approximate surface area is 128 Å². The van der Waals surface area contributed by atoms with Gasteiger partial charge in [0.25, 0.3) is 0 Å². The molecule has 5 nitrogen and oxygen atoms in total. The summed E-state index contributed by atoms with van der Waals surface area (Å²) in [6.07, 6.45) is 5.71. The van der Waals surface area contributed by atoms with Gasteiger partial charge in [0.1, 0.15) is 0 Å². The molecule has 122 valence electrons. The van der Waals surface area contributed by atoms with Crippen LogP contribution >= 0.6 is 0 Å². The van der Waals surface area contributed by atoms with Gasteiger partial charge in [-0.3, -0.25) is 9.80 Å². The lowest BCUT2D eigenvalue weighted by Crippen LogP contribution is -2.53. The van der Waals surface area contributed by atoms with Gasteiger partial charge in [-0.25, -0.2) is 0 Å². The number of hydrogen-bond donors (Lipinski definition) is 1. The summed E-state index contributed by atoms with van der Waals surface area (Å²) in [7, 11) is 1.79. The molecular weight excluding hydrogens is 266 g/mol. The summed E-state index contributed by atoms with van der Waals surface area (Å²) < 4.78 is 11.2. The van der Waals surface area contributed by atoms with E-state index in [2.05, 4.69) is 15.1 Å². The predicted molar refractivity (Wildman–Crippen MR) is 83.7 cm³/mol. The average molecular weight is 297 g/mol. The first kappa shape index (κ1) is 15.7. The van der Waals surface area contributed by atoms with Crippen LogP contribution in [0.15, 0.2) is 0 Å². The van der Waals surface area contributed by atoms with Crippen molar-refractivity contribution < 1.29 is 9.47 Å². The zero-order chi connectivity index (χ0) is 14.5. The third kappa shape index (κ3) is 4.39. The maximum Gasteiger partial charge on any atom is 0.0625 e. The lowest BCUT2D eigenvalue weighted by atomic mass is 9.92. The fraction of sp³-hybridized carbons (Fsp3) is 1.00. The van der Waals surface area contributed by atoms with Crippen molar-refractivity contribution in [1.82, 2.24) is 15.1 Å². The van der Waals surface area contributed by atoms with Gasteiger partial charge >= 0.3 is 0 Å². The van der Waals surface area contributed by atoms with E-state index in [4.69, 9.17) is 9.47 Å². The minimum atomic E-state index is 0.448. The second-order valence-corrected chi connectivity index (χ2v) is 6.68. The molecule has 5 heteroatoms. The van der Waals surface area contributed by atoms with Crippen LogP contribution in [0.5, 0.6) is 0 Å². The van der Waals surface area contributed by atoms with Crippen LogP contribution in [0.25, 0.3) is 0 Å². The molecule has 0 unspecified atom stereocenters. The molecule has 3 aliphatic rings. The molecule has 2 saturated heterocycles. The van der Waals surface area contributed by atoms with Crippen LogP contribution < -0.4 is 5.32 Å². The number of nitrogens with one attached hydrogen (secondary N) is 1. The first-order chi connectivity index (χ1) is 10.3. The SMILES string of the molecule is COC1CC(OCCN2CCN(C3CCNCC3)CC2)C1. The summed E-state index contributed by atoms with van der Waals surface area (Å²) in [5, 5.41) is 3.46. The molecule has 1 aliphatic carbocycles. The van der Waals surface area contributed by atoms with Gasteiger partial charge in [-0.15, -0.1) is 0 Å². The Balaban J connectivity index is 1.26. The number of piperidine rings is 1. The van der Waals surface area contributed by atoms with E-state index in [1.807, 2.05) is 0 Å². The molecule has 3 fully saturated rings. The molecule has 21 heavy (non-hydrogen) atoms. The molecule has 1 saturated carbocycles. The summed E-state index contributed by atoms with van der Waals surface area (Å²) in [6, 6.07) is 0.825. The molecule has 0 spiro atoms. The third-order valence-corrected chi connectivity index (χ3v) is 5.38. The van der Waals surface area contributed by atoms with Gasteiger partial charge in [0.2, 0.25) is 0 Å². The van der Waals surface area contributed by atoms with Crippen molar-refractivity contribution in [2.45, 2.75) is 43.9 Å². The highest BCUT2D eigenvalue weighted by Gasteiger charge is 2.30. The van der Waals surface area contributed by atoms with Crippen molar-refractivity contribution in [1.29, 1.82) is 0 Å². The molecule has 0 aromatic heterocycles. The van der Waals surface area contributed by atoms with E-state index in [-0.39, 0.29) is 0 Å². The smallest absolute Gasteiger partial charge is 0.0625 e. The van der Waals surface area contributed by atoms with Crippen LogP contribution in [-0.2, 0) is 9.47 Å². The van der Waals surface area contributed by atoms with Gasteiger partial charge in [-0.05, 0) is 38.8 Å². The Kier molecular flexibility index (Phi) is 5.89. The molecule has 0 amide bonds. The zero-order valence-electron chi connectivity index (χ0n) is 13.4. The predicted octanol–water partition coefficient (Wildman–Crippen LogP) is 0.550. The van der Waals surface area contributed by atoms with Crippen molar-refractivity contribution in [3.05, 3.63) is 0 Å². The standard InChI is InChI=1S/C16H31N3O2/c1-20-15-12-16(13-15)21-11-10-18-6-8-19(9-7-18)14-2-4-17-5-3-14/h14-17H,2-13H2,1H3. The first-order valence-electron chi connectivity index (χ1n) is 8.66. The number of nitrogens with zero attached hydrogens (tertiary/aromatic N) is 2. The highest BCUT2D eigenvalue weighted by atomic mass is 16.5. The molecule has 3 rings (SSSR count). The molecule has 2 aliphatic heterocycles. The third-order valence-electron chi connectivity index (χ3n) is 5.38. The maximum absolute atomic E-state index is 5.91. The number of piperazine rings is 1. The van der Waals surface area contributed by atoms with Crippen LogP contribution in [0.3, 0.4) is 0 Å². The molecule has 0 radical (unpaired) electrons. The molecule has 0 aromatic rings. The van der Waals surface area contributed by atoms with Gasteiger partial charge in [0.15, 0.2) is 0 Å². The highest BCUT2D eigenvalue weighted by molar-refractivity contribution is 4.83. The Morgan fingerprint density at radius 2 is 1.71 bits per heavy atom. The Hall–Kier alpha value is -0.200. The highest BCUT2D eigenvalue weighted by Crippen LogP contribution is 2.25. The van der Waals surface area contributed by atoms with Gasteiger partial charge in [-0.1, -0.05) is 0 Å². The van der Waals surface area contributed by atoms with Crippen molar-refractivity contribution in [2.75, 3.05) is 59.5 Å². The molecule has 2 heterocycles. The summed E-state index contributed by atoms with van der Waals surface area (Å²) in [4.78, 5) is 5.26. The van der Waals surface area contributed by atoms with Crippen LogP contribution in [0, 0.1) is 0 Å². The molecule has 1 N–H and O–H groups in total. The summed E-state index contributed by atoms with van der Waals surface area (Å²) in [6.45, 7) is 9.25. The second kappa shape index (κ2) is 7.88. The van der Waals surface area contributed by atoms with Gasteiger partial charge < -0.3 is 14.8 Å². The fourth-order valence-corrected chi connectivity index (χ4v) is 3.72. The minimum absolute atomic E-state index is 0.448. The first-order valence-corrected chi connectivity index (χ1v) is 8.66. The number of methoxy groups -OCH3 is 1. The molecule has 0 atom stereocenters. The zero-order valence-corrected chi connectivity index (χ0v) is 13.4. The van der Waals surface area contributed by atoms with Crippen molar-refractivity contribution in [2.24, 2.45) is 0 Å². The van der Waals surface area contributed by atoms with Crippen molar-refractivity contribution in [3.63, 3.8) is 0 Å². The monoisotopic (exact) mass is 297 g/mol. The second-order valence-electron chi connectivity index (χ2n) is 6.68. The van der Waals surface area contributed by atoms with E-state index in [9.17, 15) is 0 Å². The number of ether oxygens (including phenoxy) is 2. The quantitative estimate of drug-likeness (QED) is 0.775. The number of hydrogen-bond acceptors (Lipinski definition) is 5. The summed E-state index contributed by atoms with van der Waals surface area (Å²) in [5.41, 5.74) is 0. The Morgan fingerprint density at radius 1 is 1.00 bits per heavy atom. The normalized spacial score (nSPS) is 33.0. The molecule has 0 aromatic carbocycles. The van der Waals surface area contributed by atoms with E-state index < -0.39 is 0 Å². The van der Waals surface area contributed by atoms with Gasteiger partial charge in [0.05, 0.1) is 18.8 Å². The van der Waals surface area contributed by atoms with E-state index in [0.717, 1.165) is 32.0 Å². The van der Waals surface area contributed by atoms with Crippen LogP contribution in [0.1, 0.15) is 25.7 Å².